The fourth-order valence-electron chi connectivity index (χ4n) is 2.65. The summed E-state index contributed by atoms with van der Waals surface area (Å²) >= 11 is 0. The first-order valence-electron chi connectivity index (χ1n) is 7.00. The molecule has 6 heteroatoms. The standard InChI is InChI=1S/C14H22N2O4/c1-8(10(17)20-13(2,3)4)7-14(9-5-6-9)11(18)15-12(19)16-14/h8-9H,5-7H2,1-4H3,(H2,15,16,18,19). The molecule has 1 saturated carbocycles. The molecule has 112 valence electrons. The number of hydrogen-bond acceptors (Lipinski definition) is 4. The van der Waals surface area contributed by atoms with Gasteiger partial charge in [-0.2, -0.15) is 0 Å². The minimum absolute atomic E-state index is 0.124. The summed E-state index contributed by atoms with van der Waals surface area (Å²) in [5, 5.41) is 5.00. The number of carbonyl (C=O) groups is 3. The van der Waals surface area contributed by atoms with Crippen molar-refractivity contribution in [2.45, 2.75) is 58.1 Å². The van der Waals surface area contributed by atoms with Crippen LogP contribution in [0.4, 0.5) is 4.79 Å². The Morgan fingerprint density at radius 2 is 2.00 bits per heavy atom. The SMILES string of the molecule is CC(CC1(C2CC2)NC(=O)NC1=O)C(=O)OC(C)(C)C. The molecule has 1 saturated heterocycles. The lowest BCUT2D eigenvalue weighted by molar-refractivity contribution is -0.160. The maximum absolute atomic E-state index is 12.1. The Bertz CT molecular complexity index is 451. The zero-order valence-corrected chi connectivity index (χ0v) is 12.4. The summed E-state index contributed by atoms with van der Waals surface area (Å²) in [5.41, 5.74) is -1.49. The van der Waals surface area contributed by atoms with Crippen LogP contribution in [0.25, 0.3) is 0 Å². The van der Waals surface area contributed by atoms with Gasteiger partial charge in [-0.1, -0.05) is 6.92 Å². The van der Waals surface area contributed by atoms with Gasteiger partial charge in [-0.15, -0.1) is 0 Å². The van der Waals surface area contributed by atoms with E-state index in [0.29, 0.717) is 0 Å². The van der Waals surface area contributed by atoms with E-state index in [1.807, 2.05) is 0 Å². The second-order valence-electron chi connectivity index (χ2n) is 6.79. The molecule has 0 aromatic carbocycles. The van der Waals surface area contributed by atoms with E-state index in [-0.39, 0.29) is 24.2 Å². The third-order valence-corrected chi connectivity index (χ3v) is 3.68. The van der Waals surface area contributed by atoms with Gasteiger partial charge < -0.3 is 10.1 Å². The fourth-order valence-corrected chi connectivity index (χ4v) is 2.65. The molecule has 0 bridgehead atoms. The number of esters is 1. The Morgan fingerprint density at radius 3 is 2.40 bits per heavy atom. The molecule has 6 nitrogen and oxygen atoms in total. The first-order chi connectivity index (χ1) is 9.14. The Balaban J connectivity index is 2.08. The molecule has 20 heavy (non-hydrogen) atoms. The van der Waals surface area contributed by atoms with Crippen molar-refractivity contribution >= 4 is 17.9 Å². The summed E-state index contributed by atoms with van der Waals surface area (Å²) in [6.07, 6.45) is 2.08. The van der Waals surface area contributed by atoms with E-state index in [1.165, 1.54) is 0 Å². The van der Waals surface area contributed by atoms with Crippen LogP contribution in [0.1, 0.15) is 47.0 Å². The lowest BCUT2D eigenvalue weighted by atomic mass is 9.83. The number of amides is 3. The van der Waals surface area contributed by atoms with Gasteiger partial charge in [0.25, 0.3) is 5.91 Å². The molecule has 2 unspecified atom stereocenters. The maximum atomic E-state index is 12.1. The van der Waals surface area contributed by atoms with E-state index in [4.69, 9.17) is 4.74 Å². The zero-order valence-electron chi connectivity index (χ0n) is 12.4. The highest BCUT2D eigenvalue weighted by Crippen LogP contribution is 2.44. The normalized spacial score (nSPS) is 27.8. The van der Waals surface area contributed by atoms with Gasteiger partial charge in [-0.3, -0.25) is 14.9 Å². The molecule has 0 aromatic rings. The zero-order chi connectivity index (χ0) is 15.1. The fraction of sp³-hybridized carbons (Fsp3) is 0.786. The topological polar surface area (TPSA) is 84.5 Å². The van der Waals surface area contributed by atoms with Crippen molar-refractivity contribution in [3.63, 3.8) is 0 Å². The quantitative estimate of drug-likeness (QED) is 0.602. The molecule has 3 amide bonds. The van der Waals surface area contributed by atoms with Crippen molar-refractivity contribution in [3.8, 4) is 0 Å². The molecular weight excluding hydrogens is 260 g/mol. The maximum Gasteiger partial charge on any atom is 0.322 e. The highest BCUT2D eigenvalue weighted by molar-refractivity contribution is 6.07. The first-order valence-corrected chi connectivity index (χ1v) is 7.00. The third kappa shape index (κ3) is 2.94. The third-order valence-electron chi connectivity index (χ3n) is 3.68. The van der Waals surface area contributed by atoms with Crippen LogP contribution in [0.5, 0.6) is 0 Å². The second-order valence-corrected chi connectivity index (χ2v) is 6.79. The van der Waals surface area contributed by atoms with Crippen LogP contribution in [-0.4, -0.2) is 29.0 Å². The highest BCUT2D eigenvalue weighted by atomic mass is 16.6. The molecule has 1 heterocycles. The highest BCUT2D eigenvalue weighted by Gasteiger charge is 2.56. The van der Waals surface area contributed by atoms with Crippen LogP contribution in [0.2, 0.25) is 0 Å². The number of urea groups is 1. The molecule has 2 atom stereocenters. The van der Waals surface area contributed by atoms with Gasteiger partial charge in [-0.05, 0) is 46.0 Å². The van der Waals surface area contributed by atoms with Gasteiger partial charge in [0.05, 0.1) is 5.92 Å². The summed E-state index contributed by atoms with van der Waals surface area (Å²) in [6, 6.07) is -0.474. The molecule has 2 rings (SSSR count). The molecule has 1 aliphatic heterocycles. The van der Waals surface area contributed by atoms with Crippen LogP contribution >= 0.6 is 0 Å². The molecular formula is C14H22N2O4. The van der Waals surface area contributed by atoms with Crippen molar-refractivity contribution in [2.75, 3.05) is 0 Å². The van der Waals surface area contributed by atoms with Crippen molar-refractivity contribution in [3.05, 3.63) is 0 Å². The molecule has 0 spiro atoms. The summed E-state index contributed by atoms with van der Waals surface area (Å²) in [4.78, 5) is 35.6. The van der Waals surface area contributed by atoms with E-state index in [0.717, 1.165) is 12.8 Å². The van der Waals surface area contributed by atoms with Crippen LogP contribution in [0.15, 0.2) is 0 Å². The van der Waals surface area contributed by atoms with E-state index in [9.17, 15) is 14.4 Å². The van der Waals surface area contributed by atoms with Crippen molar-refractivity contribution in [1.29, 1.82) is 0 Å². The second kappa shape index (κ2) is 4.75. The molecule has 2 aliphatic rings. The number of hydrogen-bond donors (Lipinski definition) is 2. The number of rotatable bonds is 4. The van der Waals surface area contributed by atoms with Gasteiger partial charge in [0.1, 0.15) is 11.1 Å². The predicted octanol–water partition coefficient (Wildman–Crippen LogP) is 1.34. The van der Waals surface area contributed by atoms with E-state index in [2.05, 4.69) is 10.6 Å². The van der Waals surface area contributed by atoms with E-state index < -0.39 is 23.1 Å². The number of nitrogens with one attached hydrogen (secondary N) is 2. The smallest absolute Gasteiger partial charge is 0.322 e. The molecule has 2 N–H and O–H groups in total. The van der Waals surface area contributed by atoms with Crippen LogP contribution in [-0.2, 0) is 14.3 Å². The average molecular weight is 282 g/mol. The van der Waals surface area contributed by atoms with Gasteiger partial charge in [0.2, 0.25) is 0 Å². The van der Waals surface area contributed by atoms with Gasteiger partial charge in [0.15, 0.2) is 0 Å². The Morgan fingerprint density at radius 1 is 1.40 bits per heavy atom. The summed E-state index contributed by atoms with van der Waals surface area (Å²) in [6.45, 7) is 7.14. The van der Waals surface area contributed by atoms with Crippen molar-refractivity contribution in [2.24, 2.45) is 11.8 Å². The minimum Gasteiger partial charge on any atom is -0.460 e. The molecule has 2 fully saturated rings. The lowest BCUT2D eigenvalue weighted by Crippen LogP contribution is -2.51. The molecule has 0 aromatic heterocycles. The van der Waals surface area contributed by atoms with Gasteiger partial charge >= 0.3 is 12.0 Å². The number of ether oxygens (including phenoxy) is 1. The first kappa shape index (κ1) is 14.8. The summed E-state index contributed by atoms with van der Waals surface area (Å²) in [5.74, 6) is -0.982. The van der Waals surface area contributed by atoms with E-state index >= 15 is 0 Å². The molecule has 1 aliphatic carbocycles. The van der Waals surface area contributed by atoms with Crippen LogP contribution in [0.3, 0.4) is 0 Å². The monoisotopic (exact) mass is 282 g/mol. The van der Waals surface area contributed by atoms with Gasteiger partial charge in [0, 0.05) is 0 Å². The van der Waals surface area contributed by atoms with E-state index in [1.54, 1.807) is 27.7 Å². The summed E-state index contributed by atoms with van der Waals surface area (Å²) < 4.78 is 5.33. The van der Waals surface area contributed by atoms with Crippen LogP contribution < -0.4 is 10.6 Å². The Labute approximate surface area is 118 Å². The number of carbonyl (C=O) groups excluding carboxylic acids is 3. The van der Waals surface area contributed by atoms with Crippen molar-refractivity contribution < 1.29 is 19.1 Å². The summed E-state index contributed by atoms with van der Waals surface area (Å²) in [7, 11) is 0. The van der Waals surface area contributed by atoms with Crippen LogP contribution in [0, 0.1) is 11.8 Å². The minimum atomic E-state index is -0.937. The van der Waals surface area contributed by atoms with Gasteiger partial charge in [-0.25, -0.2) is 4.79 Å². The largest absolute Gasteiger partial charge is 0.460 e. The molecule has 0 radical (unpaired) electrons. The Hall–Kier alpha value is -1.59. The lowest BCUT2D eigenvalue weighted by Gasteiger charge is -2.29. The predicted molar refractivity (Wildman–Crippen MR) is 71.8 cm³/mol. The Kier molecular flexibility index (Phi) is 3.52. The van der Waals surface area contributed by atoms with Crippen molar-refractivity contribution in [1.82, 2.24) is 10.6 Å². The average Bonchev–Trinajstić information content (AvgIpc) is 3.05. The number of imide groups is 1.